The number of amides is 1. The van der Waals surface area contributed by atoms with Crippen LogP contribution in [0.2, 0.25) is 0 Å². The van der Waals surface area contributed by atoms with Crippen molar-refractivity contribution in [3.8, 4) is 16.3 Å². The zero-order valence-electron chi connectivity index (χ0n) is 12.2. The van der Waals surface area contributed by atoms with Gasteiger partial charge in [-0.1, -0.05) is 12.1 Å². The van der Waals surface area contributed by atoms with E-state index in [0.29, 0.717) is 23.7 Å². The van der Waals surface area contributed by atoms with Crippen molar-refractivity contribution in [2.24, 2.45) is 0 Å². The SMILES string of the molecule is O=C1Nc2ccccc2OCCCn2cc(cn2)-c2nc1cs2. The van der Waals surface area contributed by atoms with Gasteiger partial charge in [-0.25, -0.2) is 4.98 Å². The molecule has 23 heavy (non-hydrogen) atoms. The molecule has 0 fully saturated rings. The fourth-order valence-corrected chi connectivity index (χ4v) is 3.17. The number of hydrogen-bond donors (Lipinski definition) is 1. The van der Waals surface area contributed by atoms with Crippen LogP contribution in [0, 0.1) is 0 Å². The third-order valence-corrected chi connectivity index (χ3v) is 4.43. The number of fused-ring (bicyclic) bond motifs is 6. The van der Waals surface area contributed by atoms with E-state index in [2.05, 4.69) is 15.4 Å². The highest BCUT2D eigenvalue weighted by Crippen LogP contribution is 2.27. The summed E-state index contributed by atoms with van der Waals surface area (Å²) >= 11 is 1.44. The molecular formula is C16H14N4O2S. The molecule has 3 aromatic rings. The molecule has 1 aliphatic heterocycles. The molecule has 0 saturated heterocycles. The fraction of sp³-hybridized carbons (Fsp3) is 0.188. The third-order valence-electron chi connectivity index (χ3n) is 3.54. The average Bonchev–Trinajstić information content (AvgIpc) is 3.21. The van der Waals surface area contributed by atoms with Gasteiger partial charge >= 0.3 is 0 Å². The molecular weight excluding hydrogens is 312 g/mol. The Kier molecular flexibility index (Phi) is 3.55. The molecule has 0 atom stereocenters. The number of nitrogens with one attached hydrogen (secondary N) is 1. The van der Waals surface area contributed by atoms with Crippen LogP contribution in [-0.4, -0.2) is 27.3 Å². The summed E-state index contributed by atoms with van der Waals surface area (Å²) in [5.74, 6) is 0.419. The summed E-state index contributed by atoms with van der Waals surface area (Å²) in [4.78, 5) is 16.8. The molecule has 1 aromatic carbocycles. The van der Waals surface area contributed by atoms with E-state index >= 15 is 0 Å². The summed E-state index contributed by atoms with van der Waals surface area (Å²) in [5, 5.41) is 9.75. The van der Waals surface area contributed by atoms with E-state index in [1.807, 2.05) is 35.1 Å². The van der Waals surface area contributed by atoms with E-state index < -0.39 is 0 Å². The van der Waals surface area contributed by atoms with Gasteiger partial charge in [-0.05, 0) is 12.1 Å². The van der Waals surface area contributed by atoms with Crippen LogP contribution >= 0.6 is 11.3 Å². The van der Waals surface area contributed by atoms with Crippen molar-refractivity contribution in [2.45, 2.75) is 13.0 Å². The van der Waals surface area contributed by atoms with Gasteiger partial charge in [-0.2, -0.15) is 5.10 Å². The molecule has 3 heterocycles. The summed E-state index contributed by atoms with van der Waals surface area (Å²) in [6.45, 7) is 1.33. The molecule has 1 N–H and O–H groups in total. The van der Waals surface area contributed by atoms with E-state index in [1.54, 1.807) is 11.6 Å². The average molecular weight is 326 g/mol. The first-order valence-corrected chi connectivity index (χ1v) is 8.19. The Morgan fingerprint density at radius 1 is 1.30 bits per heavy atom. The van der Waals surface area contributed by atoms with Gasteiger partial charge < -0.3 is 10.1 Å². The van der Waals surface area contributed by atoms with Crippen molar-refractivity contribution >= 4 is 22.9 Å². The largest absolute Gasteiger partial charge is 0.491 e. The van der Waals surface area contributed by atoms with Crippen LogP contribution in [0.15, 0.2) is 42.0 Å². The predicted octanol–water partition coefficient (Wildman–Crippen LogP) is 3.04. The van der Waals surface area contributed by atoms with Gasteiger partial charge in [0.25, 0.3) is 5.91 Å². The summed E-state index contributed by atoms with van der Waals surface area (Å²) < 4.78 is 7.66. The minimum absolute atomic E-state index is 0.243. The number of ether oxygens (including phenoxy) is 1. The first-order chi connectivity index (χ1) is 11.3. The lowest BCUT2D eigenvalue weighted by atomic mass is 10.2. The second kappa shape index (κ2) is 5.85. The summed E-state index contributed by atoms with van der Waals surface area (Å²) in [6.07, 6.45) is 4.54. The molecule has 4 bridgehead atoms. The van der Waals surface area contributed by atoms with Gasteiger partial charge in [-0.15, -0.1) is 11.3 Å². The van der Waals surface area contributed by atoms with Gasteiger partial charge in [0, 0.05) is 30.1 Å². The Bertz CT molecular complexity index is 855. The first kappa shape index (κ1) is 14.0. The smallest absolute Gasteiger partial charge is 0.275 e. The van der Waals surface area contributed by atoms with Crippen molar-refractivity contribution < 1.29 is 9.53 Å². The predicted molar refractivity (Wildman–Crippen MR) is 87.8 cm³/mol. The van der Waals surface area contributed by atoms with Gasteiger partial charge in [-0.3, -0.25) is 9.48 Å². The number of nitrogens with zero attached hydrogens (tertiary/aromatic N) is 3. The maximum Gasteiger partial charge on any atom is 0.275 e. The number of benzene rings is 1. The standard InChI is InChI=1S/C16H14N4O2S/c21-15-13-10-23-16(19-13)11-8-17-20(9-11)6-3-7-22-14-5-2-1-4-12(14)18-15/h1-2,4-5,8-10H,3,6-7H2,(H,18,21). The van der Waals surface area contributed by atoms with Gasteiger partial charge in [0.15, 0.2) is 0 Å². The fourth-order valence-electron chi connectivity index (χ4n) is 2.40. The Morgan fingerprint density at radius 3 is 3.17 bits per heavy atom. The Hall–Kier alpha value is -2.67. The lowest BCUT2D eigenvalue weighted by Crippen LogP contribution is -2.14. The lowest BCUT2D eigenvalue weighted by Gasteiger charge is -2.12. The monoisotopic (exact) mass is 326 g/mol. The molecule has 2 aromatic heterocycles. The molecule has 116 valence electrons. The third kappa shape index (κ3) is 2.83. The number of aryl methyl sites for hydroxylation is 1. The number of carbonyl (C=O) groups excluding carboxylic acids is 1. The summed E-state index contributed by atoms with van der Waals surface area (Å²) in [6, 6.07) is 7.42. The van der Waals surface area contributed by atoms with Crippen molar-refractivity contribution in [3.05, 3.63) is 47.7 Å². The first-order valence-electron chi connectivity index (χ1n) is 7.31. The molecule has 6 nitrogen and oxygen atoms in total. The molecule has 0 saturated carbocycles. The number of hydrogen-bond acceptors (Lipinski definition) is 5. The number of rotatable bonds is 0. The number of anilines is 1. The quantitative estimate of drug-likeness (QED) is 0.689. The number of para-hydroxylation sites is 2. The molecule has 4 rings (SSSR count). The minimum atomic E-state index is -0.243. The van der Waals surface area contributed by atoms with Crippen LogP contribution in [0.25, 0.3) is 10.6 Å². The molecule has 1 aliphatic rings. The Morgan fingerprint density at radius 2 is 2.22 bits per heavy atom. The van der Waals surface area contributed by atoms with E-state index in [0.717, 1.165) is 23.5 Å². The molecule has 7 heteroatoms. The van der Waals surface area contributed by atoms with Gasteiger partial charge in [0.2, 0.25) is 0 Å². The molecule has 0 radical (unpaired) electrons. The van der Waals surface area contributed by atoms with Crippen LogP contribution < -0.4 is 10.1 Å². The van der Waals surface area contributed by atoms with Crippen LogP contribution in [0.1, 0.15) is 16.9 Å². The molecule has 0 spiro atoms. The van der Waals surface area contributed by atoms with Crippen LogP contribution in [0.4, 0.5) is 5.69 Å². The number of aromatic nitrogens is 3. The maximum atomic E-state index is 12.4. The van der Waals surface area contributed by atoms with Crippen LogP contribution in [0.3, 0.4) is 0 Å². The van der Waals surface area contributed by atoms with Crippen molar-refractivity contribution in [1.29, 1.82) is 0 Å². The van der Waals surface area contributed by atoms with Crippen molar-refractivity contribution in [1.82, 2.24) is 14.8 Å². The highest BCUT2D eigenvalue weighted by molar-refractivity contribution is 7.13. The van der Waals surface area contributed by atoms with E-state index in [4.69, 9.17) is 4.74 Å². The summed E-state index contributed by atoms with van der Waals surface area (Å²) in [5.41, 5.74) is 1.97. The normalized spacial score (nSPS) is 14.3. The maximum absolute atomic E-state index is 12.4. The molecule has 0 unspecified atom stereocenters. The number of carbonyl (C=O) groups is 1. The van der Waals surface area contributed by atoms with Gasteiger partial charge in [0.1, 0.15) is 16.5 Å². The summed E-state index contributed by atoms with van der Waals surface area (Å²) in [7, 11) is 0. The zero-order chi connectivity index (χ0) is 15.6. The topological polar surface area (TPSA) is 69.0 Å². The second-order valence-corrected chi connectivity index (χ2v) is 6.04. The highest BCUT2D eigenvalue weighted by Gasteiger charge is 2.15. The van der Waals surface area contributed by atoms with Crippen molar-refractivity contribution in [3.63, 3.8) is 0 Å². The Labute approximate surface area is 136 Å². The Balaban J connectivity index is 1.72. The molecule has 1 amide bonds. The van der Waals surface area contributed by atoms with Crippen LogP contribution in [0.5, 0.6) is 5.75 Å². The highest BCUT2D eigenvalue weighted by atomic mass is 32.1. The van der Waals surface area contributed by atoms with Crippen molar-refractivity contribution in [2.75, 3.05) is 11.9 Å². The van der Waals surface area contributed by atoms with E-state index in [9.17, 15) is 4.79 Å². The minimum Gasteiger partial charge on any atom is -0.491 e. The van der Waals surface area contributed by atoms with Gasteiger partial charge in [0.05, 0.1) is 18.5 Å². The van der Waals surface area contributed by atoms with Crippen LogP contribution in [-0.2, 0) is 6.54 Å². The zero-order valence-corrected chi connectivity index (χ0v) is 13.0. The second-order valence-electron chi connectivity index (χ2n) is 5.18. The van der Waals surface area contributed by atoms with E-state index in [-0.39, 0.29) is 5.91 Å². The number of thiazole rings is 1. The van der Waals surface area contributed by atoms with E-state index in [1.165, 1.54) is 11.3 Å². The molecule has 0 aliphatic carbocycles. The lowest BCUT2D eigenvalue weighted by molar-refractivity contribution is 0.102.